The van der Waals surface area contributed by atoms with E-state index >= 15 is 0 Å². The average Bonchev–Trinajstić information content (AvgIpc) is 1.86. The van der Waals surface area contributed by atoms with Gasteiger partial charge in [-0.2, -0.15) is 0 Å². The summed E-state index contributed by atoms with van der Waals surface area (Å²) in [5.41, 5.74) is 1.19. The zero-order valence-corrected chi connectivity index (χ0v) is 7.03. The fraction of sp³-hybridized carbons (Fsp3) is 0.778. The van der Waals surface area contributed by atoms with E-state index in [2.05, 4.69) is 13.8 Å². The predicted octanol–water partition coefficient (Wildman–Crippen LogP) is 3.39. The predicted molar refractivity (Wildman–Crippen MR) is 41.7 cm³/mol. The van der Waals surface area contributed by atoms with Gasteiger partial charge in [0.05, 0.1) is 0 Å². The lowest BCUT2D eigenvalue weighted by Crippen LogP contribution is -2.19. The number of allylic oxidation sites excluding steroid dienone is 2. The molecule has 0 saturated heterocycles. The van der Waals surface area contributed by atoms with Crippen molar-refractivity contribution in [2.45, 2.75) is 39.0 Å². The molecule has 0 amide bonds. The highest BCUT2D eigenvalue weighted by molar-refractivity contribution is 5.10. The van der Waals surface area contributed by atoms with Gasteiger partial charge in [-0.05, 0) is 12.3 Å². The summed E-state index contributed by atoms with van der Waals surface area (Å²) in [6.07, 6.45) is 2.26. The van der Waals surface area contributed by atoms with E-state index < -0.39 is 5.92 Å². The summed E-state index contributed by atoms with van der Waals surface area (Å²) < 4.78 is 25.2. The van der Waals surface area contributed by atoms with Crippen LogP contribution in [0.1, 0.15) is 33.1 Å². The normalized spacial score (nSPS) is 23.5. The molecule has 0 aromatic rings. The lowest BCUT2D eigenvalue weighted by molar-refractivity contribution is -0.00945. The van der Waals surface area contributed by atoms with E-state index in [0.717, 1.165) is 0 Å². The van der Waals surface area contributed by atoms with Crippen molar-refractivity contribution >= 4 is 0 Å². The number of rotatable bonds is 1. The fourth-order valence-corrected chi connectivity index (χ4v) is 1.34. The Hall–Kier alpha value is -0.400. The standard InChI is InChI=1S/C9H14F2/c1-7(2)8-3-5-9(10,11)6-4-8/h3,7H,4-6H2,1-2H3. The molecule has 0 radical (unpaired) electrons. The molecule has 11 heavy (non-hydrogen) atoms. The summed E-state index contributed by atoms with van der Waals surface area (Å²) in [7, 11) is 0. The Balaban J connectivity index is 2.58. The quantitative estimate of drug-likeness (QED) is 0.516. The third-order valence-corrected chi connectivity index (χ3v) is 2.18. The van der Waals surface area contributed by atoms with Crippen LogP contribution in [0.4, 0.5) is 8.78 Å². The molecular formula is C9H14F2. The minimum atomic E-state index is -2.43. The zero-order valence-electron chi connectivity index (χ0n) is 7.03. The van der Waals surface area contributed by atoms with Crippen LogP contribution in [-0.4, -0.2) is 5.92 Å². The van der Waals surface area contributed by atoms with Gasteiger partial charge in [-0.25, -0.2) is 8.78 Å². The molecule has 1 rings (SSSR count). The first-order valence-electron chi connectivity index (χ1n) is 4.08. The second-order valence-electron chi connectivity index (χ2n) is 3.49. The van der Waals surface area contributed by atoms with Gasteiger partial charge in [0.1, 0.15) is 0 Å². The van der Waals surface area contributed by atoms with Crippen LogP contribution in [-0.2, 0) is 0 Å². The van der Waals surface area contributed by atoms with E-state index in [-0.39, 0.29) is 12.8 Å². The Morgan fingerprint density at radius 1 is 1.45 bits per heavy atom. The minimum Gasteiger partial charge on any atom is -0.207 e. The lowest BCUT2D eigenvalue weighted by atomic mass is 9.90. The average molecular weight is 160 g/mol. The molecule has 0 atom stereocenters. The van der Waals surface area contributed by atoms with Crippen LogP contribution in [0.3, 0.4) is 0 Å². The fourth-order valence-electron chi connectivity index (χ4n) is 1.34. The third kappa shape index (κ3) is 2.28. The van der Waals surface area contributed by atoms with Crippen molar-refractivity contribution in [1.29, 1.82) is 0 Å². The molecule has 0 bridgehead atoms. The van der Waals surface area contributed by atoms with Crippen molar-refractivity contribution in [3.05, 3.63) is 11.6 Å². The molecule has 0 saturated carbocycles. The van der Waals surface area contributed by atoms with Gasteiger partial charge in [0, 0.05) is 12.8 Å². The van der Waals surface area contributed by atoms with Crippen molar-refractivity contribution in [2.24, 2.45) is 5.92 Å². The maximum atomic E-state index is 12.6. The summed E-state index contributed by atoms with van der Waals surface area (Å²) in [6.45, 7) is 4.10. The van der Waals surface area contributed by atoms with E-state index in [9.17, 15) is 8.78 Å². The van der Waals surface area contributed by atoms with Crippen LogP contribution >= 0.6 is 0 Å². The Kier molecular flexibility index (Phi) is 2.31. The molecule has 0 unspecified atom stereocenters. The van der Waals surface area contributed by atoms with E-state index in [1.165, 1.54) is 5.57 Å². The zero-order chi connectivity index (χ0) is 8.48. The highest BCUT2D eigenvalue weighted by Gasteiger charge is 2.30. The van der Waals surface area contributed by atoms with Crippen LogP contribution < -0.4 is 0 Å². The van der Waals surface area contributed by atoms with E-state index in [1.54, 1.807) is 6.08 Å². The smallest absolute Gasteiger partial charge is 0.207 e. The molecule has 0 aromatic carbocycles. The maximum absolute atomic E-state index is 12.6. The summed E-state index contributed by atoms with van der Waals surface area (Å²) in [5.74, 6) is -2.00. The molecular weight excluding hydrogens is 146 g/mol. The molecule has 0 heterocycles. The first-order valence-corrected chi connectivity index (χ1v) is 4.08. The third-order valence-electron chi connectivity index (χ3n) is 2.18. The molecule has 0 fully saturated rings. The van der Waals surface area contributed by atoms with Crippen molar-refractivity contribution in [1.82, 2.24) is 0 Å². The van der Waals surface area contributed by atoms with Crippen molar-refractivity contribution in [3.63, 3.8) is 0 Å². The minimum absolute atomic E-state index is 0.0387. The van der Waals surface area contributed by atoms with Gasteiger partial charge in [0.25, 0.3) is 5.92 Å². The summed E-state index contributed by atoms with van der Waals surface area (Å²) in [5, 5.41) is 0. The van der Waals surface area contributed by atoms with Crippen LogP contribution in [0.25, 0.3) is 0 Å². The molecule has 0 nitrogen and oxygen atoms in total. The lowest BCUT2D eigenvalue weighted by Gasteiger charge is -2.23. The highest BCUT2D eigenvalue weighted by atomic mass is 19.3. The van der Waals surface area contributed by atoms with Crippen molar-refractivity contribution in [3.8, 4) is 0 Å². The molecule has 0 aromatic heterocycles. The van der Waals surface area contributed by atoms with E-state index in [4.69, 9.17) is 0 Å². The summed E-state index contributed by atoms with van der Waals surface area (Å²) in [4.78, 5) is 0. The second-order valence-corrected chi connectivity index (χ2v) is 3.49. The molecule has 0 aliphatic heterocycles. The first-order chi connectivity index (χ1) is 5.01. The number of halogens is 2. The highest BCUT2D eigenvalue weighted by Crippen LogP contribution is 2.34. The Labute approximate surface area is 66.3 Å². The van der Waals surface area contributed by atoms with E-state index in [0.29, 0.717) is 12.3 Å². The van der Waals surface area contributed by atoms with Gasteiger partial charge in [0.2, 0.25) is 0 Å². The molecule has 1 aliphatic carbocycles. The number of alkyl halides is 2. The van der Waals surface area contributed by atoms with Gasteiger partial charge < -0.3 is 0 Å². The number of hydrogen-bond donors (Lipinski definition) is 0. The van der Waals surface area contributed by atoms with Crippen molar-refractivity contribution < 1.29 is 8.78 Å². The van der Waals surface area contributed by atoms with Crippen LogP contribution in [0.2, 0.25) is 0 Å². The van der Waals surface area contributed by atoms with Gasteiger partial charge in [0.15, 0.2) is 0 Å². The molecule has 1 aliphatic rings. The van der Waals surface area contributed by atoms with Gasteiger partial charge in [-0.15, -0.1) is 0 Å². The molecule has 0 spiro atoms. The second kappa shape index (κ2) is 2.92. The SMILES string of the molecule is CC(C)C1=CCC(F)(F)CC1. The Morgan fingerprint density at radius 2 is 2.09 bits per heavy atom. The number of hydrogen-bond acceptors (Lipinski definition) is 0. The maximum Gasteiger partial charge on any atom is 0.251 e. The summed E-state index contributed by atoms with van der Waals surface area (Å²) in [6, 6.07) is 0. The van der Waals surface area contributed by atoms with Gasteiger partial charge in [-0.1, -0.05) is 25.5 Å². The topological polar surface area (TPSA) is 0 Å². The van der Waals surface area contributed by atoms with Crippen LogP contribution in [0.5, 0.6) is 0 Å². The Bertz CT molecular complexity index is 168. The molecule has 64 valence electrons. The Morgan fingerprint density at radius 3 is 2.45 bits per heavy atom. The monoisotopic (exact) mass is 160 g/mol. The van der Waals surface area contributed by atoms with Gasteiger partial charge in [-0.3, -0.25) is 0 Å². The van der Waals surface area contributed by atoms with Gasteiger partial charge >= 0.3 is 0 Å². The summed E-state index contributed by atoms with van der Waals surface area (Å²) >= 11 is 0. The largest absolute Gasteiger partial charge is 0.251 e. The molecule has 0 N–H and O–H groups in total. The first kappa shape index (κ1) is 8.69. The van der Waals surface area contributed by atoms with Crippen LogP contribution in [0, 0.1) is 5.92 Å². The van der Waals surface area contributed by atoms with E-state index in [1.807, 2.05) is 0 Å². The molecule has 2 heteroatoms. The van der Waals surface area contributed by atoms with Crippen LogP contribution in [0.15, 0.2) is 11.6 Å². The van der Waals surface area contributed by atoms with Crippen molar-refractivity contribution in [2.75, 3.05) is 0 Å².